The number of aromatic nitrogens is 2. The molecule has 4 aromatic rings. The minimum Gasteiger partial charge on any atom is -0.336 e. The summed E-state index contributed by atoms with van der Waals surface area (Å²) < 4.78 is 32.8. The molecule has 1 amide bonds. The summed E-state index contributed by atoms with van der Waals surface area (Å²) in [7, 11) is -3.53. The molecule has 1 aromatic carbocycles. The lowest BCUT2D eigenvalue weighted by atomic mass is 10.0. The topological polar surface area (TPSA) is 96.6 Å². The summed E-state index contributed by atoms with van der Waals surface area (Å²) in [5.41, 5.74) is 2.82. The van der Waals surface area contributed by atoms with Gasteiger partial charge in [0, 0.05) is 37.4 Å². The van der Waals surface area contributed by atoms with Crippen LogP contribution < -0.4 is 0 Å². The predicted octanol–water partition coefficient (Wildman–Crippen LogP) is 3.41. The molecule has 0 aliphatic carbocycles. The second kappa shape index (κ2) is 8.12. The zero-order valence-corrected chi connectivity index (χ0v) is 18.9. The number of benzene rings is 1. The van der Waals surface area contributed by atoms with E-state index in [2.05, 4.69) is 10.1 Å². The van der Waals surface area contributed by atoms with Crippen molar-refractivity contribution in [2.45, 2.75) is 11.1 Å². The normalized spacial score (nSPS) is 15.3. The van der Waals surface area contributed by atoms with E-state index in [-0.39, 0.29) is 19.0 Å². The number of aryl methyl sites for hydroxylation is 1. The van der Waals surface area contributed by atoms with Crippen LogP contribution in [0.3, 0.4) is 0 Å². The van der Waals surface area contributed by atoms with Gasteiger partial charge in [0.1, 0.15) is 9.90 Å². The quantitative estimate of drug-likeness (QED) is 0.455. The van der Waals surface area contributed by atoms with E-state index in [1.54, 1.807) is 35.4 Å². The van der Waals surface area contributed by atoms with Crippen LogP contribution >= 0.6 is 11.3 Å². The third-order valence-corrected chi connectivity index (χ3v) is 8.74. The summed E-state index contributed by atoms with van der Waals surface area (Å²) in [6.07, 6.45) is 0. The highest BCUT2D eigenvalue weighted by Crippen LogP contribution is 2.31. The van der Waals surface area contributed by atoms with Gasteiger partial charge in [0.15, 0.2) is 0 Å². The molecule has 164 valence electrons. The molecule has 32 heavy (non-hydrogen) atoms. The van der Waals surface area contributed by atoms with Crippen molar-refractivity contribution in [1.29, 1.82) is 0 Å². The molecule has 10 heteroatoms. The van der Waals surface area contributed by atoms with Crippen molar-refractivity contribution >= 4 is 38.4 Å². The number of hydrogen-bond donors (Lipinski definition) is 0. The Hall–Kier alpha value is -3.08. The number of piperazine rings is 1. The maximum Gasteiger partial charge on any atom is 0.259 e. The van der Waals surface area contributed by atoms with Gasteiger partial charge < -0.3 is 9.42 Å². The van der Waals surface area contributed by atoms with Crippen LogP contribution in [0.4, 0.5) is 0 Å². The largest absolute Gasteiger partial charge is 0.336 e. The first-order valence-electron chi connectivity index (χ1n) is 10.1. The van der Waals surface area contributed by atoms with Crippen molar-refractivity contribution < 1.29 is 17.7 Å². The number of fused-ring (bicyclic) bond motifs is 1. The van der Waals surface area contributed by atoms with E-state index in [9.17, 15) is 13.2 Å². The Labute approximate surface area is 189 Å². The standard InChI is InChI=1S/C22H20N4O4S2/c1-15-14-17(19-20(24-30-21(19)23-15)16-6-3-2-4-7-16)22(27)25-9-11-26(12-10-25)32(28,29)18-8-5-13-31-18/h2-8,13-14H,9-12H2,1H3. The number of nitrogens with zero attached hydrogens (tertiary/aromatic N) is 4. The second-order valence-corrected chi connectivity index (χ2v) is 10.6. The van der Waals surface area contributed by atoms with Gasteiger partial charge >= 0.3 is 0 Å². The Morgan fingerprint density at radius 1 is 1.06 bits per heavy atom. The summed E-state index contributed by atoms with van der Waals surface area (Å²) in [6, 6.07) is 14.6. The van der Waals surface area contributed by atoms with E-state index in [1.807, 2.05) is 30.3 Å². The van der Waals surface area contributed by atoms with E-state index < -0.39 is 10.0 Å². The highest BCUT2D eigenvalue weighted by molar-refractivity contribution is 7.91. The number of sulfonamides is 1. The minimum absolute atomic E-state index is 0.186. The Balaban J connectivity index is 1.44. The smallest absolute Gasteiger partial charge is 0.259 e. The molecule has 0 bridgehead atoms. The van der Waals surface area contributed by atoms with Gasteiger partial charge in [0.25, 0.3) is 21.6 Å². The molecule has 1 aliphatic heterocycles. The molecule has 0 saturated carbocycles. The summed E-state index contributed by atoms with van der Waals surface area (Å²) in [5, 5.41) is 6.49. The number of carbonyl (C=O) groups excluding carboxylic acids is 1. The van der Waals surface area contributed by atoms with Crippen molar-refractivity contribution in [3.8, 4) is 11.3 Å². The molecule has 1 saturated heterocycles. The number of amides is 1. The van der Waals surface area contributed by atoms with Gasteiger partial charge in [0.2, 0.25) is 0 Å². The van der Waals surface area contributed by atoms with Gasteiger partial charge in [-0.25, -0.2) is 13.4 Å². The first kappa shape index (κ1) is 20.8. The van der Waals surface area contributed by atoms with Gasteiger partial charge in [-0.2, -0.15) is 4.31 Å². The second-order valence-electron chi connectivity index (χ2n) is 7.52. The maximum absolute atomic E-state index is 13.5. The lowest BCUT2D eigenvalue weighted by Crippen LogP contribution is -2.50. The molecular weight excluding hydrogens is 448 g/mol. The van der Waals surface area contributed by atoms with Crippen molar-refractivity contribution in [2.75, 3.05) is 26.2 Å². The zero-order valence-electron chi connectivity index (χ0n) is 17.3. The molecule has 4 heterocycles. The Bertz CT molecular complexity index is 1370. The van der Waals surface area contributed by atoms with Crippen molar-refractivity contribution in [3.05, 3.63) is 65.2 Å². The van der Waals surface area contributed by atoms with Crippen LogP contribution in [-0.4, -0.2) is 59.8 Å². The average Bonchev–Trinajstić information content (AvgIpc) is 3.49. The summed E-state index contributed by atoms with van der Waals surface area (Å²) >= 11 is 1.20. The maximum atomic E-state index is 13.5. The van der Waals surface area contributed by atoms with E-state index >= 15 is 0 Å². The average molecular weight is 469 g/mol. The number of pyridine rings is 1. The van der Waals surface area contributed by atoms with Gasteiger partial charge in [-0.05, 0) is 24.4 Å². The lowest BCUT2D eigenvalue weighted by molar-refractivity contribution is 0.0700. The van der Waals surface area contributed by atoms with Crippen LogP contribution in [0, 0.1) is 6.92 Å². The molecule has 1 fully saturated rings. The summed E-state index contributed by atoms with van der Waals surface area (Å²) in [6.45, 7) is 2.89. The molecule has 1 aliphatic rings. The highest BCUT2D eigenvalue weighted by atomic mass is 32.2. The van der Waals surface area contributed by atoms with Crippen LogP contribution in [0.15, 0.2) is 62.6 Å². The van der Waals surface area contributed by atoms with Crippen LogP contribution in [0.1, 0.15) is 16.1 Å². The fraction of sp³-hybridized carbons (Fsp3) is 0.227. The van der Waals surface area contributed by atoms with Gasteiger partial charge in [-0.1, -0.05) is 41.6 Å². The van der Waals surface area contributed by atoms with E-state index in [0.717, 1.165) is 5.56 Å². The fourth-order valence-corrected chi connectivity index (χ4v) is 6.44. The third-order valence-electron chi connectivity index (χ3n) is 5.47. The molecule has 0 N–H and O–H groups in total. The van der Waals surface area contributed by atoms with Crippen molar-refractivity contribution in [1.82, 2.24) is 19.3 Å². The molecule has 0 radical (unpaired) electrons. The molecule has 0 atom stereocenters. The molecule has 5 rings (SSSR count). The van der Waals surface area contributed by atoms with E-state index in [4.69, 9.17) is 4.52 Å². The summed E-state index contributed by atoms with van der Waals surface area (Å²) in [4.78, 5) is 19.6. The van der Waals surface area contributed by atoms with Crippen LogP contribution in [0.25, 0.3) is 22.4 Å². The number of thiophene rings is 1. The van der Waals surface area contributed by atoms with Crippen LogP contribution in [-0.2, 0) is 10.0 Å². The third kappa shape index (κ3) is 3.60. The number of carbonyl (C=O) groups is 1. The van der Waals surface area contributed by atoms with Crippen molar-refractivity contribution in [3.63, 3.8) is 0 Å². The Morgan fingerprint density at radius 2 is 1.81 bits per heavy atom. The minimum atomic E-state index is -3.53. The van der Waals surface area contributed by atoms with Crippen LogP contribution in [0.5, 0.6) is 0 Å². The predicted molar refractivity (Wildman–Crippen MR) is 121 cm³/mol. The molecule has 0 spiro atoms. The monoisotopic (exact) mass is 468 g/mol. The Kier molecular flexibility index (Phi) is 5.28. The fourth-order valence-electron chi connectivity index (χ4n) is 3.88. The van der Waals surface area contributed by atoms with Gasteiger partial charge in [-0.3, -0.25) is 4.79 Å². The van der Waals surface area contributed by atoms with E-state index in [0.29, 0.717) is 45.3 Å². The molecule has 3 aromatic heterocycles. The SMILES string of the molecule is Cc1cc(C(=O)N2CCN(S(=O)(=O)c3cccs3)CC2)c2c(-c3ccccc3)noc2n1. The highest BCUT2D eigenvalue weighted by Gasteiger charge is 2.32. The van der Waals surface area contributed by atoms with Crippen LogP contribution in [0.2, 0.25) is 0 Å². The number of hydrogen-bond acceptors (Lipinski definition) is 7. The Morgan fingerprint density at radius 3 is 2.50 bits per heavy atom. The van der Waals surface area contributed by atoms with Gasteiger partial charge in [0.05, 0.1) is 10.9 Å². The zero-order chi connectivity index (χ0) is 22.3. The first-order chi connectivity index (χ1) is 15.4. The lowest BCUT2D eigenvalue weighted by Gasteiger charge is -2.33. The molecular formula is C22H20N4O4S2. The molecule has 0 unspecified atom stereocenters. The van der Waals surface area contributed by atoms with E-state index in [1.165, 1.54) is 15.6 Å². The summed E-state index contributed by atoms with van der Waals surface area (Å²) in [5.74, 6) is -0.186. The number of rotatable bonds is 4. The molecule has 8 nitrogen and oxygen atoms in total. The first-order valence-corrected chi connectivity index (χ1v) is 12.4. The van der Waals surface area contributed by atoms with Gasteiger partial charge in [-0.15, -0.1) is 11.3 Å². The van der Waals surface area contributed by atoms with Crippen molar-refractivity contribution in [2.24, 2.45) is 0 Å².